The van der Waals surface area contributed by atoms with E-state index in [9.17, 15) is 9.90 Å². The molecule has 0 spiro atoms. The van der Waals surface area contributed by atoms with Crippen LogP contribution in [0.5, 0.6) is 0 Å². The normalized spacial score (nSPS) is 15.9. The van der Waals surface area contributed by atoms with Crippen molar-refractivity contribution >= 4 is 11.7 Å². The van der Waals surface area contributed by atoms with E-state index in [1.54, 1.807) is 0 Å². The molecule has 0 unspecified atom stereocenters. The summed E-state index contributed by atoms with van der Waals surface area (Å²) < 4.78 is 0. The maximum atomic E-state index is 11.3. The lowest BCUT2D eigenvalue weighted by molar-refractivity contribution is 0.0697. The molecule has 0 aromatic heterocycles. The van der Waals surface area contributed by atoms with Crippen molar-refractivity contribution in [3.05, 3.63) is 29.3 Å². The van der Waals surface area contributed by atoms with Gasteiger partial charge in [-0.3, -0.25) is 0 Å². The molecule has 1 fully saturated rings. The highest BCUT2D eigenvalue weighted by atomic mass is 16.4. The number of benzene rings is 1. The number of aryl methyl sites for hydroxylation is 1. The van der Waals surface area contributed by atoms with Crippen molar-refractivity contribution in [3.63, 3.8) is 0 Å². The van der Waals surface area contributed by atoms with Gasteiger partial charge in [0, 0.05) is 13.1 Å². The topological polar surface area (TPSA) is 40.5 Å². The van der Waals surface area contributed by atoms with Gasteiger partial charge in [-0.25, -0.2) is 4.79 Å². The molecule has 0 radical (unpaired) electrons. The average Bonchev–Trinajstić information content (AvgIpc) is 2.39. The molecular formula is C14H19NO2. The summed E-state index contributed by atoms with van der Waals surface area (Å²) in [5.41, 5.74) is 2.42. The number of carboxylic acids is 1. The van der Waals surface area contributed by atoms with Gasteiger partial charge in [-0.2, -0.15) is 0 Å². The molecule has 2 rings (SSSR count). The van der Waals surface area contributed by atoms with Gasteiger partial charge in [0.15, 0.2) is 0 Å². The fourth-order valence-corrected chi connectivity index (χ4v) is 2.38. The Morgan fingerprint density at radius 1 is 1.29 bits per heavy atom. The third-order valence-electron chi connectivity index (χ3n) is 3.40. The predicted molar refractivity (Wildman–Crippen MR) is 68.8 cm³/mol. The van der Waals surface area contributed by atoms with Crippen molar-refractivity contribution in [2.75, 3.05) is 18.0 Å². The van der Waals surface area contributed by atoms with Crippen LogP contribution < -0.4 is 4.90 Å². The molecule has 0 amide bonds. The number of hydrogen-bond donors (Lipinski definition) is 1. The Morgan fingerprint density at radius 2 is 2.00 bits per heavy atom. The number of hydrogen-bond acceptors (Lipinski definition) is 2. The van der Waals surface area contributed by atoms with Crippen molar-refractivity contribution < 1.29 is 9.90 Å². The summed E-state index contributed by atoms with van der Waals surface area (Å²) in [4.78, 5) is 13.5. The summed E-state index contributed by atoms with van der Waals surface area (Å²) >= 11 is 0. The molecule has 1 N–H and O–H groups in total. The summed E-state index contributed by atoms with van der Waals surface area (Å²) in [6, 6.07) is 5.82. The van der Waals surface area contributed by atoms with Crippen LogP contribution in [-0.2, 0) is 6.42 Å². The number of carbonyl (C=O) groups is 1. The molecule has 1 saturated heterocycles. The lowest BCUT2D eigenvalue weighted by Gasteiger charge is -2.30. The van der Waals surface area contributed by atoms with Gasteiger partial charge < -0.3 is 10.0 Å². The molecule has 0 atom stereocenters. The average molecular weight is 233 g/mol. The molecule has 92 valence electrons. The van der Waals surface area contributed by atoms with Crippen LogP contribution in [0, 0.1) is 0 Å². The Morgan fingerprint density at radius 3 is 2.59 bits per heavy atom. The van der Waals surface area contributed by atoms with Gasteiger partial charge >= 0.3 is 5.97 Å². The zero-order valence-electron chi connectivity index (χ0n) is 10.3. The molecule has 17 heavy (non-hydrogen) atoms. The standard InChI is InChI=1S/C14H19NO2/c1-2-11-6-7-13(12(10-11)14(16)17)15-8-4-3-5-9-15/h6-7,10H,2-5,8-9H2,1H3,(H,16,17). The molecule has 0 saturated carbocycles. The van der Waals surface area contributed by atoms with Crippen LogP contribution in [0.3, 0.4) is 0 Å². The van der Waals surface area contributed by atoms with E-state index in [1.807, 2.05) is 25.1 Å². The Bertz CT molecular complexity index is 409. The summed E-state index contributed by atoms with van der Waals surface area (Å²) in [7, 11) is 0. The molecule has 1 aromatic carbocycles. The third-order valence-corrected chi connectivity index (χ3v) is 3.40. The number of nitrogens with zero attached hydrogens (tertiary/aromatic N) is 1. The fraction of sp³-hybridized carbons (Fsp3) is 0.500. The van der Waals surface area contributed by atoms with Gasteiger partial charge in [0.2, 0.25) is 0 Å². The minimum absolute atomic E-state index is 0.450. The van der Waals surface area contributed by atoms with E-state index in [1.165, 1.54) is 6.42 Å². The molecule has 3 heteroatoms. The van der Waals surface area contributed by atoms with Crippen LogP contribution in [0.1, 0.15) is 42.1 Å². The first kappa shape index (κ1) is 12.0. The first-order valence-electron chi connectivity index (χ1n) is 6.33. The van der Waals surface area contributed by atoms with Gasteiger partial charge in [-0.15, -0.1) is 0 Å². The summed E-state index contributed by atoms with van der Waals surface area (Å²) in [5, 5.41) is 9.29. The Balaban J connectivity index is 2.34. The quantitative estimate of drug-likeness (QED) is 0.872. The Hall–Kier alpha value is -1.51. The second kappa shape index (κ2) is 5.21. The highest BCUT2D eigenvalue weighted by molar-refractivity contribution is 5.94. The smallest absolute Gasteiger partial charge is 0.337 e. The van der Waals surface area contributed by atoms with E-state index in [0.717, 1.165) is 43.6 Å². The molecule has 1 heterocycles. The third kappa shape index (κ3) is 2.60. The number of piperidine rings is 1. The van der Waals surface area contributed by atoms with Crippen LogP contribution in [0.25, 0.3) is 0 Å². The van der Waals surface area contributed by atoms with Gasteiger partial charge in [-0.05, 0) is 43.4 Å². The minimum atomic E-state index is -0.819. The van der Waals surface area contributed by atoms with E-state index in [2.05, 4.69) is 4.90 Å². The van der Waals surface area contributed by atoms with Gasteiger partial charge in [0.05, 0.1) is 11.3 Å². The molecular weight excluding hydrogens is 214 g/mol. The Labute approximate surface area is 102 Å². The number of carboxylic acid groups (broad SMARTS) is 1. The maximum absolute atomic E-state index is 11.3. The van der Waals surface area contributed by atoms with Gasteiger partial charge in [0.25, 0.3) is 0 Å². The number of anilines is 1. The molecule has 3 nitrogen and oxygen atoms in total. The molecule has 0 aliphatic carbocycles. The van der Waals surface area contributed by atoms with Crippen molar-refractivity contribution in [1.29, 1.82) is 0 Å². The Kier molecular flexibility index (Phi) is 3.67. The van der Waals surface area contributed by atoms with Crippen molar-refractivity contribution in [2.45, 2.75) is 32.6 Å². The second-order valence-electron chi connectivity index (χ2n) is 4.56. The van der Waals surface area contributed by atoms with E-state index >= 15 is 0 Å². The highest BCUT2D eigenvalue weighted by Gasteiger charge is 2.18. The van der Waals surface area contributed by atoms with Crippen molar-refractivity contribution in [3.8, 4) is 0 Å². The van der Waals surface area contributed by atoms with Crippen molar-refractivity contribution in [2.24, 2.45) is 0 Å². The van der Waals surface area contributed by atoms with Gasteiger partial charge in [0.1, 0.15) is 0 Å². The summed E-state index contributed by atoms with van der Waals surface area (Å²) in [6.45, 7) is 4.00. The summed E-state index contributed by atoms with van der Waals surface area (Å²) in [6.07, 6.45) is 4.45. The fourth-order valence-electron chi connectivity index (χ4n) is 2.38. The monoisotopic (exact) mass is 233 g/mol. The van der Waals surface area contributed by atoms with E-state index in [-0.39, 0.29) is 0 Å². The molecule has 1 aliphatic heterocycles. The van der Waals surface area contributed by atoms with Gasteiger partial charge in [-0.1, -0.05) is 13.0 Å². The van der Waals surface area contributed by atoms with Crippen LogP contribution in [0.2, 0.25) is 0 Å². The van der Waals surface area contributed by atoms with E-state index in [4.69, 9.17) is 0 Å². The van der Waals surface area contributed by atoms with E-state index < -0.39 is 5.97 Å². The first-order chi connectivity index (χ1) is 8.22. The van der Waals surface area contributed by atoms with Crippen LogP contribution in [0.4, 0.5) is 5.69 Å². The lowest BCUT2D eigenvalue weighted by atomic mass is 10.0. The first-order valence-corrected chi connectivity index (χ1v) is 6.33. The lowest BCUT2D eigenvalue weighted by Crippen LogP contribution is -2.30. The molecule has 1 aromatic rings. The number of rotatable bonds is 3. The largest absolute Gasteiger partial charge is 0.478 e. The zero-order valence-corrected chi connectivity index (χ0v) is 10.3. The highest BCUT2D eigenvalue weighted by Crippen LogP contribution is 2.25. The zero-order chi connectivity index (χ0) is 12.3. The maximum Gasteiger partial charge on any atom is 0.337 e. The van der Waals surface area contributed by atoms with Crippen LogP contribution in [0.15, 0.2) is 18.2 Å². The number of aromatic carboxylic acids is 1. The van der Waals surface area contributed by atoms with Crippen LogP contribution in [-0.4, -0.2) is 24.2 Å². The summed E-state index contributed by atoms with van der Waals surface area (Å²) in [5.74, 6) is -0.819. The van der Waals surface area contributed by atoms with E-state index in [0.29, 0.717) is 5.56 Å². The molecule has 0 bridgehead atoms. The molecule has 1 aliphatic rings. The predicted octanol–water partition coefficient (Wildman–Crippen LogP) is 2.94. The minimum Gasteiger partial charge on any atom is -0.478 e. The SMILES string of the molecule is CCc1ccc(N2CCCCC2)c(C(=O)O)c1. The second-order valence-corrected chi connectivity index (χ2v) is 4.56. The van der Waals surface area contributed by atoms with Crippen LogP contribution >= 0.6 is 0 Å². The van der Waals surface area contributed by atoms with Crippen molar-refractivity contribution in [1.82, 2.24) is 0 Å².